The van der Waals surface area contributed by atoms with E-state index >= 15 is 0 Å². The number of aromatic nitrogens is 1. The van der Waals surface area contributed by atoms with Gasteiger partial charge < -0.3 is 10.3 Å². The fourth-order valence-electron chi connectivity index (χ4n) is 2.04. The van der Waals surface area contributed by atoms with Crippen LogP contribution < -0.4 is 5.73 Å². The van der Waals surface area contributed by atoms with Crippen molar-refractivity contribution in [2.45, 2.75) is 38.1 Å². The first-order valence-corrected chi connectivity index (χ1v) is 4.79. The molecule has 0 saturated heterocycles. The second kappa shape index (κ2) is 3.21. The van der Waals surface area contributed by atoms with Crippen molar-refractivity contribution in [3.8, 4) is 0 Å². The Hall–Kier alpha value is -0.920. The van der Waals surface area contributed by atoms with Gasteiger partial charge in [0.15, 0.2) is 0 Å². The van der Waals surface area contributed by atoms with Crippen molar-refractivity contribution in [2.75, 3.05) is 5.73 Å². The van der Waals surface area contributed by atoms with Crippen molar-refractivity contribution in [3.05, 3.63) is 18.5 Å². The minimum absolute atomic E-state index is 0.719. The van der Waals surface area contributed by atoms with Gasteiger partial charge in [-0.25, -0.2) is 0 Å². The zero-order valence-corrected chi connectivity index (χ0v) is 7.37. The van der Waals surface area contributed by atoms with Crippen molar-refractivity contribution >= 4 is 5.69 Å². The average Bonchev–Trinajstić information content (AvgIpc) is 2.54. The van der Waals surface area contributed by atoms with Crippen LogP contribution in [0.4, 0.5) is 5.69 Å². The molecular formula is C10H16N2. The molecule has 1 aliphatic carbocycles. The molecule has 1 heterocycles. The topological polar surface area (TPSA) is 30.9 Å². The Kier molecular flexibility index (Phi) is 2.07. The minimum Gasteiger partial charge on any atom is -0.398 e. The van der Waals surface area contributed by atoms with Gasteiger partial charge >= 0.3 is 0 Å². The van der Waals surface area contributed by atoms with Gasteiger partial charge in [0.1, 0.15) is 0 Å². The van der Waals surface area contributed by atoms with Crippen molar-refractivity contribution in [3.63, 3.8) is 0 Å². The molecule has 1 aromatic rings. The third-order valence-electron chi connectivity index (χ3n) is 2.73. The zero-order valence-electron chi connectivity index (χ0n) is 7.37. The first-order valence-electron chi connectivity index (χ1n) is 4.79. The Morgan fingerprint density at radius 2 is 2.00 bits per heavy atom. The van der Waals surface area contributed by atoms with Crippen LogP contribution in [0.25, 0.3) is 0 Å². The minimum atomic E-state index is 0.719. The van der Waals surface area contributed by atoms with E-state index < -0.39 is 0 Å². The van der Waals surface area contributed by atoms with E-state index in [1.165, 1.54) is 32.1 Å². The first-order chi connectivity index (χ1) is 5.86. The van der Waals surface area contributed by atoms with Crippen LogP contribution >= 0.6 is 0 Å². The van der Waals surface area contributed by atoms with Crippen LogP contribution in [0.15, 0.2) is 18.5 Å². The van der Waals surface area contributed by atoms with E-state index in [1.807, 2.05) is 6.07 Å². The highest BCUT2D eigenvalue weighted by Gasteiger charge is 2.13. The highest BCUT2D eigenvalue weighted by molar-refractivity contribution is 5.34. The molecule has 1 fully saturated rings. The summed E-state index contributed by atoms with van der Waals surface area (Å²) in [6.45, 7) is 0. The van der Waals surface area contributed by atoms with Gasteiger partial charge in [-0.1, -0.05) is 19.3 Å². The van der Waals surface area contributed by atoms with Crippen LogP contribution in [0.1, 0.15) is 38.1 Å². The SMILES string of the molecule is Nc1ccn(C2CCCCC2)c1. The molecule has 0 amide bonds. The Bertz CT molecular complexity index is 246. The summed E-state index contributed by atoms with van der Waals surface area (Å²) in [5.41, 5.74) is 6.55. The molecule has 2 N–H and O–H groups in total. The van der Waals surface area contributed by atoms with E-state index in [1.54, 1.807) is 0 Å². The van der Waals surface area contributed by atoms with Gasteiger partial charge in [0, 0.05) is 24.1 Å². The maximum absolute atomic E-state index is 5.66. The van der Waals surface area contributed by atoms with Gasteiger partial charge in [-0.3, -0.25) is 0 Å². The second-order valence-corrected chi connectivity index (χ2v) is 3.68. The molecule has 0 spiro atoms. The number of nitrogen functional groups attached to an aromatic ring is 1. The molecule has 0 aromatic carbocycles. The van der Waals surface area contributed by atoms with Gasteiger partial charge in [0.25, 0.3) is 0 Å². The summed E-state index contributed by atoms with van der Waals surface area (Å²) in [4.78, 5) is 0. The highest BCUT2D eigenvalue weighted by atomic mass is 15.0. The molecule has 0 atom stereocenters. The molecule has 0 radical (unpaired) electrons. The van der Waals surface area contributed by atoms with Crippen molar-refractivity contribution in [1.29, 1.82) is 0 Å². The van der Waals surface area contributed by atoms with E-state index in [9.17, 15) is 0 Å². The number of anilines is 1. The van der Waals surface area contributed by atoms with Crippen LogP contribution in [0.3, 0.4) is 0 Å². The number of hydrogen-bond acceptors (Lipinski definition) is 1. The summed E-state index contributed by atoms with van der Waals surface area (Å²) in [5, 5.41) is 0. The Labute approximate surface area is 73.4 Å². The van der Waals surface area contributed by atoms with E-state index in [0.717, 1.165) is 11.7 Å². The fourth-order valence-corrected chi connectivity index (χ4v) is 2.04. The van der Waals surface area contributed by atoms with Gasteiger partial charge in [-0.05, 0) is 18.9 Å². The lowest BCUT2D eigenvalue weighted by Crippen LogP contribution is -2.10. The predicted octanol–water partition coefficient (Wildman–Crippen LogP) is 2.58. The Balaban J connectivity index is 2.08. The van der Waals surface area contributed by atoms with Crippen LogP contribution in [0.5, 0.6) is 0 Å². The molecule has 0 unspecified atom stereocenters. The summed E-state index contributed by atoms with van der Waals surface area (Å²) in [5.74, 6) is 0. The highest BCUT2D eigenvalue weighted by Crippen LogP contribution is 2.28. The molecule has 2 rings (SSSR count). The van der Waals surface area contributed by atoms with Gasteiger partial charge in [0.2, 0.25) is 0 Å². The van der Waals surface area contributed by atoms with Crippen molar-refractivity contribution < 1.29 is 0 Å². The summed E-state index contributed by atoms with van der Waals surface area (Å²) in [6, 6.07) is 2.70. The molecule has 2 heteroatoms. The van der Waals surface area contributed by atoms with Crippen LogP contribution in [0.2, 0.25) is 0 Å². The van der Waals surface area contributed by atoms with E-state index in [2.05, 4.69) is 17.0 Å². The van der Waals surface area contributed by atoms with Gasteiger partial charge in [-0.2, -0.15) is 0 Å². The zero-order chi connectivity index (χ0) is 8.39. The largest absolute Gasteiger partial charge is 0.398 e. The monoisotopic (exact) mass is 164 g/mol. The third kappa shape index (κ3) is 1.47. The summed E-state index contributed by atoms with van der Waals surface area (Å²) in [6.07, 6.45) is 11.0. The average molecular weight is 164 g/mol. The quantitative estimate of drug-likeness (QED) is 0.679. The Morgan fingerprint density at radius 3 is 2.58 bits per heavy atom. The normalized spacial score (nSPS) is 19.7. The molecule has 12 heavy (non-hydrogen) atoms. The molecule has 1 aromatic heterocycles. The Morgan fingerprint density at radius 1 is 1.25 bits per heavy atom. The molecule has 0 bridgehead atoms. The fraction of sp³-hybridized carbons (Fsp3) is 0.600. The molecule has 1 aliphatic rings. The number of nitrogens with zero attached hydrogens (tertiary/aromatic N) is 1. The maximum atomic E-state index is 5.66. The number of hydrogen-bond donors (Lipinski definition) is 1. The summed E-state index contributed by atoms with van der Waals surface area (Å²) >= 11 is 0. The third-order valence-corrected chi connectivity index (χ3v) is 2.73. The summed E-state index contributed by atoms with van der Waals surface area (Å²) in [7, 11) is 0. The smallest absolute Gasteiger partial charge is 0.0493 e. The van der Waals surface area contributed by atoms with Gasteiger partial charge in [-0.15, -0.1) is 0 Å². The van der Waals surface area contributed by atoms with Crippen molar-refractivity contribution in [1.82, 2.24) is 4.57 Å². The van der Waals surface area contributed by atoms with Crippen LogP contribution in [-0.2, 0) is 0 Å². The predicted molar refractivity (Wildman–Crippen MR) is 51.0 cm³/mol. The second-order valence-electron chi connectivity index (χ2n) is 3.68. The molecule has 1 saturated carbocycles. The van der Waals surface area contributed by atoms with E-state index in [0.29, 0.717) is 0 Å². The molecule has 0 aliphatic heterocycles. The lowest BCUT2D eigenvalue weighted by atomic mass is 9.95. The molecule has 66 valence electrons. The molecule has 2 nitrogen and oxygen atoms in total. The first kappa shape index (κ1) is 7.71. The van der Waals surface area contributed by atoms with Gasteiger partial charge in [0.05, 0.1) is 0 Å². The van der Waals surface area contributed by atoms with Crippen LogP contribution in [0, 0.1) is 0 Å². The number of rotatable bonds is 1. The van der Waals surface area contributed by atoms with Crippen molar-refractivity contribution in [2.24, 2.45) is 0 Å². The van der Waals surface area contributed by atoms with E-state index in [-0.39, 0.29) is 0 Å². The van der Waals surface area contributed by atoms with E-state index in [4.69, 9.17) is 5.73 Å². The number of nitrogens with two attached hydrogens (primary N) is 1. The maximum Gasteiger partial charge on any atom is 0.0493 e. The standard InChI is InChI=1S/C10H16N2/c11-9-6-7-12(8-9)10-4-2-1-3-5-10/h6-8,10H,1-5,11H2. The molecular weight excluding hydrogens is 148 g/mol. The lowest BCUT2D eigenvalue weighted by Gasteiger charge is -2.22. The summed E-state index contributed by atoms with van der Waals surface area (Å²) < 4.78 is 2.27. The van der Waals surface area contributed by atoms with Crippen LogP contribution in [-0.4, -0.2) is 4.57 Å². The lowest BCUT2D eigenvalue weighted by molar-refractivity contribution is 0.354.